The maximum atomic E-state index is 13.2. The molecular formula is C19H16N4OS2. The lowest BCUT2D eigenvalue weighted by atomic mass is 10.3. The molecule has 0 spiro atoms. The maximum absolute atomic E-state index is 13.2. The monoisotopic (exact) mass is 380 g/mol. The summed E-state index contributed by atoms with van der Waals surface area (Å²) in [5.74, 6) is -0.138. The second kappa shape index (κ2) is 6.93. The van der Waals surface area contributed by atoms with Crippen LogP contribution in [0.25, 0.3) is 15.9 Å². The van der Waals surface area contributed by atoms with Crippen LogP contribution in [-0.2, 0) is 0 Å². The van der Waals surface area contributed by atoms with Gasteiger partial charge in [-0.1, -0.05) is 53.4 Å². The zero-order chi connectivity index (χ0) is 18.1. The van der Waals surface area contributed by atoms with E-state index in [-0.39, 0.29) is 5.91 Å². The van der Waals surface area contributed by atoms with Gasteiger partial charge >= 0.3 is 0 Å². The summed E-state index contributed by atoms with van der Waals surface area (Å²) >= 11 is 3.01. The first kappa shape index (κ1) is 16.8. The molecule has 1 amide bonds. The fourth-order valence-corrected chi connectivity index (χ4v) is 4.19. The zero-order valence-electron chi connectivity index (χ0n) is 14.3. The van der Waals surface area contributed by atoms with Crippen LogP contribution >= 0.6 is 23.1 Å². The molecule has 0 aliphatic rings. The standard InChI is InChI=1S/C19H16N4OS2/c1-22(19-21-14-10-6-7-11-16(14)26-19)17(24)15-12-20-18(25-2)23(15)13-8-4-3-5-9-13/h3-12H,1-2H3. The molecule has 0 N–H and O–H groups in total. The summed E-state index contributed by atoms with van der Waals surface area (Å²) in [7, 11) is 1.75. The highest BCUT2D eigenvalue weighted by atomic mass is 32.2. The van der Waals surface area contributed by atoms with E-state index in [9.17, 15) is 4.79 Å². The van der Waals surface area contributed by atoms with Crippen molar-refractivity contribution in [3.05, 3.63) is 66.5 Å². The number of benzene rings is 2. The van der Waals surface area contributed by atoms with Gasteiger partial charge in [-0.15, -0.1) is 0 Å². The van der Waals surface area contributed by atoms with Gasteiger partial charge in [-0.3, -0.25) is 14.3 Å². The lowest BCUT2D eigenvalue weighted by Crippen LogP contribution is -2.28. The van der Waals surface area contributed by atoms with Gasteiger partial charge < -0.3 is 0 Å². The average Bonchev–Trinajstić information content (AvgIpc) is 3.31. The Balaban J connectivity index is 1.75. The molecule has 2 aromatic carbocycles. The Kier molecular flexibility index (Phi) is 4.48. The first-order valence-corrected chi connectivity index (χ1v) is 10.0. The molecule has 4 aromatic rings. The number of carbonyl (C=O) groups excluding carboxylic acids is 1. The van der Waals surface area contributed by atoms with E-state index in [0.29, 0.717) is 10.8 Å². The fourth-order valence-electron chi connectivity index (χ4n) is 2.72. The SMILES string of the molecule is CSc1ncc(C(=O)N(C)c2nc3ccccc3s2)n1-c1ccccc1. The Morgan fingerprint density at radius 1 is 1.12 bits per heavy atom. The number of anilines is 1. The molecule has 2 heterocycles. The summed E-state index contributed by atoms with van der Waals surface area (Å²) in [6.07, 6.45) is 3.58. The number of rotatable bonds is 4. The van der Waals surface area contributed by atoms with Gasteiger partial charge in [0.2, 0.25) is 0 Å². The van der Waals surface area contributed by atoms with Gasteiger partial charge in [0.05, 0.1) is 16.4 Å². The maximum Gasteiger partial charge on any atom is 0.278 e. The van der Waals surface area contributed by atoms with Gasteiger partial charge in [0.1, 0.15) is 5.69 Å². The highest BCUT2D eigenvalue weighted by Gasteiger charge is 2.23. The summed E-state index contributed by atoms with van der Waals surface area (Å²) < 4.78 is 2.94. The number of carbonyl (C=O) groups is 1. The molecule has 7 heteroatoms. The molecule has 0 saturated heterocycles. The molecule has 0 aliphatic heterocycles. The number of nitrogens with zero attached hydrogens (tertiary/aromatic N) is 4. The third-order valence-electron chi connectivity index (χ3n) is 4.02. The van der Waals surface area contributed by atoms with Crippen molar-refractivity contribution in [2.45, 2.75) is 5.16 Å². The minimum Gasteiger partial charge on any atom is -0.286 e. The van der Waals surface area contributed by atoms with Crippen molar-refractivity contribution in [2.75, 3.05) is 18.2 Å². The van der Waals surface area contributed by atoms with E-state index >= 15 is 0 Å². The Bertz CT molecular complexity index is 1040. The Morgan fingerprint density at radius 3 is 2.58 bits per heavy atom. The van der Waals surface area contributed by atoms with E-state index in [1.165, 1.54) is 23.1 Å². The predicted molar refractivity (Wildman–Crippen MR) is 108 cm³/mol. The van der Waals surface area contributed by atoms with E-state index in [1.807, 2.05) is 65.4 Å². The van der Waals surface area contributed by atoms with Crippen molar-refractivity contribution in [3.8, 4) is 5.69 Å². The number of hydrogen-bond donors (Lipinski definition) is 0. The van der Waals surface area contributed by atoms with Crippen LogP contribution in [0, 0.1) is 0 Å². The molecule has 0 bridgehead atoms. The van der Waals surface area contributed by atoms with Gasteiger partial charge in [-0.05, 0) is 30.5 Å². The second-order valence-corrected chi connectivity index (χ2v) is 7.41. The predicted octanol–water partition coefficient (Wildman–Crippen LogP) is 4.48. The largest absolute Gasteiger partial charge is 0.286 e. The van der Waals surface area contributed by atoms with Crippen LogP contribution in [0.4, 0.5) is 5.13 Å². The van der Waals surface area contributed by atoms with Gasteiger partial charge in [-0.2, -0.15) is 0 Å². The number of hydrogen-bond acceptors (Lipinski definition) is 5. The summed E-state index contributed by atoms with van der Waals surface area (Å²) in [4.78, 5) is 23.7. The van der Waals surface area contributed by atoms with Crippen molar-refractivity contribution in [2.24, 2.45) is 0 Å². The highest BCUT2D eigenvalue weighted by molar-refractivity contribution is 7.98. The van der Waals surface area contributed by atoms with Crippen molar-refractivity contribution >= 4 is 44.4 Å². The van der Waals surface area contributed by atoms with E-state index in [0.717, 1.165) is 21.1 Å². The third kappa shape index (κ3) is 2.89. The number of fused-ring (bicyclic) bond motifs is 1. The van der Waals surface area contributed by atoms with Crippen LogP contribution in [0.3, 0.4) is 0 Å². The van der Waals surface area contributed by atoms with Crippen LogP contribution in [0.1, 0.15) is 10.5 Å². The molecule has 0 aliphatic carbocycles. The number of thiazole rings is 1. The lowest BCUT2D eigenvalue weighted by molar-refractivity contribution is 0.0986. The third-order valence-corrected chi connectivity index (χ3v) is 5.79. The summed E-state index contributed by atoms with van der Waals surface area (Å²) in [6.45, 7) is 0. The zero-order valence-corrected chi connectivity index (χ0v) is 15.9. The molecule has 0 saturated carbocycles. The van der Waals surface area contributed by atoms with Crippen LogP contribution in [-0.4, -0.2) is 33.7 Å². The molecule has 0 radical (unpaired) electrons. The van der Waals surface area contributed by atoms with Crippen molar-refractivity contribution < 1.29 is 4.79 Å². The summed E-state index contributed by atoms with van der Waals surface area (Å²) in [5, 5.41) is 1.44. The van der Waals surface area contributed by atoms with Crippen molar-refractivity contribution in [1.82, 2.24) is 14.5 Å². The second-order valence-electron chi connectivity index (χ2n) is 5.63. The topological polar surface area (TPSA) is 51.0 Å². The summed E-state index contributed by atoms with van der Waals surface area (Å²) in [5.41, 5.74) is 2.33. The van der Waals surface area contributed by atoms with Crippen molar-refractivity contribution in [3.63, 3.8) is 0 Å². The van der Waals surface area contributed by atoms with Gasteiger partial charge in [0.15, 0.2) is 10.3 Å². The lowest BCUT2D eigenvalue weighted by Gasteiger charge is -2.16. The number of para-hydroxylation sites is 2. The highest BCUT2D eigenvalue weighted by Crippen LogP contribution is 2.29. The van der Waals surface area contributed by atoms with Gasteiger partial charge in [-0.25, -0.2) is 9.97 Å². The molecule has 130 valence electrons. The minimum atomic E-state index is -0.138. The van der Waals surface area contributed by atoms with Crippen molar-refractivity contribution in [1.29, 1.82) is 0 Å². The van der Waals surface area contributed by atoms with E-state index < -0.39 is 0 Å². The van der Waals surface area contributed by atoms with Crippen LogP contribution in [0.2, 0.25) is 0 Å². The molecule has 0 fully saturated rings. The number of aromatic nitrogens is 3. The molecular weight excluding hydrogens is 364 g/mol. The van der Waals surface area contributed by atoms with Crippen LogP contribution in [0.15, 0.2) is 66.0 Å². The minimum absolute atomic E-state index is 0.138. The molecule has 5 nitrogen and oxygen atoms in total. The van der Waals surface area contributed by atoms with Gasteiger partial charge in [0, 0.05) is 12.7 Å². The van der Waals surface area contributed by atoms with E-state index in [1.54, 1.807) is 18.1 Å². The smallest absolute Gasteiger partial charge is 0.278 e. The molecule has 2 aromatic heterocycles. The number of amides is 1. The molecule has 26 heavy (non-hydrogen) atoms. The van der Waals surface area contributed by atoms with Crippen LogP contribution in [0.5, 0.6) is 0 Å². The quantitative estimate of drug-likeness (QED) is 0.490. The number of imidazole rings is 1. The van der Waals surface area contributed by atoms with E-state index in [4.69, 9.17) is 0 Å². The van der Waals surface area contributed by atoms with Crippen LogP contribution < -0.4 is 4.90 Å². The molecule has 4 rings (SSSR count). The van der Waals surface area contributed by atoms with Gasteiger partial charge in [0.25, 0.3) is 5.91 Å². The first-order chi connectivity index (χ1) is 12.7. The molecule has 0 atom stereocenters. The Hall–Kier alpha value is -2.64. The van der Waals surface area contributed by atoms with E-state index in [2.05, 4.69) is 9.97 Å². The Morgan fingerprint density at radius 2 is 1.85 bits per heavy atom. The Labute approximate surface area is 159 Å². The fraction of sp³-hybridized carbons (Fsp3) is 0.105. The summed E-state index contributed by atoms with van der Waals surface area (Å²) in [6, 6.07) is 17.7. The molecule has 0 unspecified atom stereocenters. The first-order valence-electron chi connectivity index (χ1n) is 8.00. The number of thioether (sulfide) groups is 1. The normalized spacial score (nSPS) is 11.0. The average molecular weight is 380 g/mol.